The van der Waals surface area contributed by atoms with Crippen LogP contribution in [-0.4, -0.2) is 17.5 Å². The van der Waals surface area contributed by atoms with Crippen LogP contribution in [0.2, 0.25) is 0 Å². The molecule has 1 heterocycles. The number of carbonyl (C=O) groups excluding carboxylic acids is 1. The molecule has 0 aliphatic heterocycles. The Bertz CT molecular complexity index is 736. The molecule has 0 unspecified atom stereocenters. The molecule has 0 fully saturated rings. The van der Waals surface area contributed by atoms with Gasteiger partial charge < -0.3 is 15.8 Å². The number of amides is 1. The van der Waals surface area contributed by atoms with Crippen molar-refractivity contribution in [2.24, 2.45) is 0 Å². The van der Waals surface area contributed by atoms with Crippen LogP contribution in [0.4, 0.5) is 20.3 Å². The molecule has 0 aliphatic rings. The number of anilines is 2. The van der Waals surface area contributed by atoms with Crippen LogP contribution >= 0.6 is 0 Å². The molecule has 1 amide bonds. The molecule has 0 aliphatic carbocycles. The van der Waals surface area contributed by atoms with Crippen LogP contribution in [0.15, 0.2) is 24.3 Å². The number of nitrogens with one attached hydrogen (secondary N) is 1. The summed E-state index contributed by atoms with van der Waals surface area (Å²) < 4.78 is 32.8. The van der Waals surface area contributed by atoms with Crippen LogP contribution in [0.3, 0.4) is 0 Å². The number of rotatable bonds is 5. The molecular weight excluding hydrogens is 304 g/mol. The van der Waals surface area contributed by atoms with Crippen molar-refractivity contribution < 1.29 is 18.3 Å². The Morgan fingerprint density at radius 3 is 2.83 bits per heavy atom. The van der Waals surface area contributed by atoms with E-state index in [1.54, 1.807) is 6.07 Å². The third kappa shape index (κ3) is 3.74. The standard InChI is InChI=1S/C16H17F2N3O2/c1-3-7-23-12-6-4-5-11(13(12)17)20-16(22)10-8-9(2)14(18)21-15(10)19/h4-6,8H,3,7H2,1-2H3,(H2,19,21)(H,20,22). The molecule has 2 rings (SSSR count). The highest BCUT2D eigenvalue weighted by Crippen LogP contribution is 2.25. The number of aromatic nitrogens is 1. The highest BCUT2D eigenvalue weighted by molar-refractivity contribution is 6.07. The molecule has 122 valence electrons. The number of pyridine rings is 1. The average molecular weight is 321 g/mol. The lowest BCUT2D eigenvalue weighted by atomic mass is 10.1. The van der Waals surface area contributed by atoms with Crippen molar-refractivity contribution >= 4 is 17.4 Å². The van der Waals surface area contributed by atoms with Gasteiger partial charge in [0.05, 0.1) is 17.9 Å². The molecule has 0 bridgehead atoms. The second-order valence-corrected chi connectivity index (χ2v) is 4.95. The summed E-state index contributed by atoms with van der Waals surface area (Å²) in [5.41, 5.74) is 5.64. The maximum atomic E-state index is 14.3. The smallest absolute Gasteiger partial charge is 0.259 e. The van der Waals surface area contributed by atoms with Crippen LogP contribution in [0.1, 0.15) is 29.3 Å². The SMILES string of the molecule is CCCOc1cccc(NC(=O)c2cc(C)c(F)nc2N)c1F. The van der Waals surface area contributed by atoms with E-state index in [0.717, 1.165) is 6.42 Å². The van der Waals surface area contributed by atoms with Crippen LogP contribution in [0.5, 0.6) is 5.75 Å². The maximum absolute atomic E-state index is 14.3. The lowest BCUT2D eigenvalue weighted by Crippen LogP contribution is -2.17. The molecule has 0 saturated carbocycles. The van der Waals surface area contributed by atoms with Gasteiger partial charge in [-0.05, 0) is 31.5 Å². The van der Waals surface area contributed by atoms with Crippen molar-refractivity contribution in [1.29, 1.82) is 0 Å². The number of halogens is 2. The summed E-state index contributed by atoms with van der Waals surface area (Å²) in [5.74, 6) is -2.32. The molecule has 1 aromatic carbocycles. The molecule has 0 saturated heterocycles. The first-order chi connectivity index (χ1) is 10.9. The van der Waals surface area contributed by atoms with Gasteiger partial charge in [-0.15, -0.1) is 0 Å². The summed E-state index contributed by atoms with van der Waals surface area (Å²) in [6, 6.07) is 5.69. The Labute approximate surface area is 132 Å². The molecule has 23 heavy (non-hydrogen) atoms. The monoisotopic (exact) mass is 321 g/mol. The van der Waals surface area contributed by atoms with Crippen molar-refractivity contribution in [3.63, 3.8) is 0 Å². The minimum absolute atomic E-state index is 0.0248. The Hall–Kier alpha value is -2.70. The summed E-state index contributed by atoms with van der Waals surface area (Å²) in [6.45, 7) is 3.72. The summed E-state index contributed by atoms with van der Waals surface area (Å²) >= 11 is 0. The number of hydrogen-bond donors (Lipinski definition) is 2. The van der Waals surface area contributed by atoms with Gasteiger partial charge in [0.15, 0.2) is 11.6 Å². The van der Waals surface area contributed by atoms with Gasteiger partial charge in [0.2, 0.25) is 5.95 Å². The van der Waals surface area contributed by atoms with Gasteiger partial charge >= 0.3 is 0 Å². The maximum Gasteiger partial charge on any atom is 0.259 e. The number of nitrogens with zero attached hydrogens (tertiary/aromatic N) is 1. The molecule has 5 nitrogen and oxygen atoms in total. The van der Waals surface area contributed by atoms with E-state index in [4.69, 9.17) is 10.5 Å². The summed E-state index contributed by atoms with van der Waals surface area (Å²) in [4.78, 5) is 15.7. The zero-order valence-corrected chi connectivity index (χ0v) is 12.8. The Morgan fingerprint density at radius 2 is 2.13 bits per heavy atom. The van der Waals surface area contributed by atoms with E-state index in [9.17, 15) is 13.6 Å². The first-order valence-electron chi connectivity index (χ1n) is 7.09. The minimum Gasteiger partial charge on any atom is -0.490 e. The fraction of sp³-hybridized carbons (Fsp3) is 0.250. The molecule has 3 N–H and O–H groups in total. The summed E-state index contributed by atoms with van der Waals surface area (Å²) in [6.07, 6.45) is 0.729. The number of aryl methyl sites for hydroxylation is 1. The molecule has 2 aromatic rings. The number of hydrogen-bond acceptors (Lipinski definition) is 4. The predicted molar refractivity (Wildman–Crippen MR) is 83.5 cm³/mol. The lowest BCUT2D eigenvalue weighted by molar-refractivity contribution is 0.102. The van der Waals surface area contributed by atoms with Crippen molar-refractivity contribution in [1.82, 2.24) is 4.98 Å². The molecule has 7 heteroatoms. The number of benzene rings is 1. The van der Waals surface area contributed by atoms with Crippen LogP contribution < -0.4 is 15.8 Å². The van der Waals surface area contributed by atoms with Crippen LogP contribution in [0.25, 0.3) is 0 Å². The van der Waals surface area contributed by atoms with Crippen molar-refractivity contribution in [2.45, 2.75) is 20.3 Å². The zero-order valence-electron chi connectivity index (χ0n) is 12.8. The van der Waals surface area contributed by atoms with E-state index in [2.05, 4.69) is 10.3 Å². The Kier molecular flexibility index (Phi) is 5.10. The second kappa shape index (κ2) is 7.04. The number of carbonyl (C=O) groups is 1. The molecule has 0 radical (unpaired) electrons. The molecular formula is C16H17F2N3O2. The van der Waals surface area contributed by atoms with Gasteiger partial charge in [-0.3, -0.25) is 4.79 Å². The number of nitrogens with two attached hydrogens (primary N) is 1. The summed E-state index contributed by atoms with van der Waals surface area (Å²) in [7, 11) is 0. The van der Waals surface area contributed by atoms with E-state index >= 15 is 0 Å². The van der Waals surface area contributed by atoms with Gasteiger partial charge in [0, 0.05) is 5.56 Å². The fourth-order valence-electron chi connectivity index (χ4n) is 1.91. The largest absolute Gasteiger partial charge is 0.490 e. The molecule has 0 spiro atoms. The van der Waals surface area contributed by atoms with E-state index in [0.29, 0.717) is 6.61 Å². The first kappa shape index (κ1) is 16.7. The molecule has 1 aromatic heterocycles. The van der Waals surface area contributed by atoms with E-state index in [1.165, 1.54) is 25.1 Å². The van der Waals surface area contributed by atoms with Gasteiger partial charge in [0.1, 0.15) is 5.82 Å². The zero-order chi connectivity index (χ0) is 17.0. The normalized spacial score (nSPS) is 10.4. The predicted octanol–water partition coefficient (Wildman–Crippen LogP) is 3.29. The number of ether oxygens (including phenoxy) is 1. The van der Waals surface area contributed by atoms with Gasteiger partial charge in [-0.2, -0.15) is 4.39 Å². The van der Waals surface area contributed by atoms with Crippen LogP contribution in [-0.2, 0) is 0 Å². The third-order valence-corrected chi connectivity index (χ3v) is 3.10. The van der Waals surface area contributed by atoms with E-state index < -0.39 is 17.7 Å². The van der Waals surface area contributed by atoms with Crippen LogP contribution in [0, 0.1) is 18.7 Å². The number of nitrogen functional groups attached to an aromatic ring is 1. The Balaban J connectivity index is 2.25. The first-order valence-corrected chi connectivity index (χ1v) is 7.09. The average Bonchev–Trinajstić information content (AvgIpc) is 2.51. The third-order valence-electron chi connectivity index (χ3n) is 3.10. The fourth-order valence-corrected chi connectivity index (χ4v) is 1.91. The van der Waals surface area contributed by atoms with E-state index in [-0.39, 0.29) is 28.4 Å². The lowest BCUT2D eigenvalue weighted by Gasteiger charge is -2.12. The second-order valence-electron chi connectivity index (χ2n) is 4.95. The highest BCUT2D eigenvalue weighted by Gasteiger charge is 2.17. The quantitative estimate of drug-likeness (QED) is 0.828. The van der Waals surface area contributed by atoms with Gasteiger partial charge in [0.25, 0.3) is 5.91 Å². The van der Waals surface area contributed by atoms with Crippen molar-refractivity contribution in [3.8, 4) is 5.75 Å². The van der Waals surface area contributed by atoms with E-state index in [1.807, 2.05) is 6.92 Å². The van der Waals surface area contributed by atoms with Gasteiger partial charge in [-0.1, -0.05) is 13.0 Å². The van der Waals surface area contributed by atoms with Crippen molar-refractivity contribution in [2.75, 3.05) is 17.7 Å². The summed E-state index contributed by atoms with van der Waals surface area (Å²) in [5, 5.41) is 2.39. The molecule has 0 atom stereocenters. The highest BCUT2D eigenvalue weighted by atomic mass is 19.1. The minimum atomic E-state index is -0.750. The van der Waals surface area contributed by atoms with Gasteiger partial charge in [-0.25, -0.2) is 9.37 Å². The Morgan fingerprint density at radius 1 is 1.39 bits per heavy atom. The topological polar surface area (TPSA) is 77.2 Å². The van der Waals surface area contributed by atoms with Crippen molar-refractivity contribution in [3.05, 3.63) is 47.2 Å².